The highest BCUT2D eigenvalue weighted by atomic mass is 32.2. The molecule has 0 aromatic heterocycles. The van der Waals surface area contributed by atoms with Crippen molar-refractivity contribution in [3.05, 3.63) is 0 Å². The highest BCUT2D eigenvalue weighted by Crippen LogP contribution is 2.14. The van der Waals surface area contributed by atoms with Gasteiger partial charge in [0, 0.05) is 25.3 Å². The number of likely N-dealkylation sites (tertiary alicyclic amines) is 1. The van der Waals surface area contributed by atoms with Crippen LogP contribution in [0.3, 0.4) is 0 Å². The van der Waals surface area contributed by atoms with Crippen LogP contribution in [0.2, 0.25) is 0 Å². The third kappa shape index (κ3) is 3.99. The molecule has 0 N–H and O–H groups in total. The second kappa shape index (κ2) is 4.74. The highest BCUT2D eigenvalue weighted by molar-refractivity contribution is 7.91. The fourth-order valence-electron chi connectivity index (χ4n) is 1.62. The molecule has 5 nitrogen and oxygen atoms in total. The molecule has 0 saturated carbocycles. The lowest BCUT2D eigenvalue weighted by molar-refractivity contribution is -0.129. The molecule has 0 spiro atoms. The van der Waals surface area contributed by atoms with Crippen molar-refractivity contribution >= 4 is 22.0 Å². The van der Waals surface area contributed by atoms with Crippen molar-refractivity contribution in [2.75, 3.05) is 25.1 Å². The molecule has 0 aliphatic carbocycles. The van der Waals surface area contributed by atoms with E-state index in [-0.39, 0.29) is 5.92 Å². The summed E-state index contributed by atoms with van der Waals surface area (Å²) < 4.78 is 21.8. The van der Waals surface area contributed by atoms with Crippen LogP contribution >= 0.6 is 0 Å². The van der Waals surface area contributed by atoms with Gasteiger partial charge in [-0.1, -0.05) is 0 Å². The van der Waals surface area contributed by atoms with Crippen molar-refractivity contribution in [3.63, 3.8) is 0 Å². The molecule has 0 aromatic rings. The Bertz CT molecular complexity index is 349. The first-order valence-electron chi connectivity index (χ1n) is 4.75. The van der Waals surface area contributed by atoms with Gasteiger partial charge >= 0.3 is 0 Å². The van der Waals surface area contributed by atoms with E-state index in [2.05, 4.69) is 0 Å². The molecule has 85 valence electrons. The van der Waals surface area contributed by atoms with Crippen LogP contribution in [0.25, 0.3) is 0 Å². The predicted molar refractivity (Wildman–Crippen MR) is 54.7 cm³/mol. The van der Waals surface area contributed by atoms with Gasteiger partial charge in [0.15, 0.2) is 9.84 Å². The van der Waals surface area contributed by atoms with Gasteiger partial charge in [-0.25, -0.2) is 8.42 Å². The summed E-state index contributed by atoms with van der Waals surface area (Å²) in [4.78, 5) is 23.4. The summed E-state index contributed by atoms with van der Waals surface area (Å²) >= 11 is 0. The van der Waals surface area contributed by atoms with Gasteiger partial charge in [-0.15, -0.1) is 0 Å². The normalized spacial score (nSPS) is 22.5. The SMILES string of the molecule is CS(=O)(=O)CC(=O)N1CCCC([C]=O)C1. The maximum atomic E-state index is 11.5. The topological polar surface area (TPSA) is 71.5 Å². The summed E-state index contributed by atoms with van der Waals surface area (Å²) in [6.07, 6.45) is 4.34. The van der Waals surface area contributed by atoms with Gasteiger partial charge in [-0.2, -0.15) is 0 Å². The van der Waals surface area contributed by atoms with E-state index in [9.17, 15) is 18.0 Å². The standard InChI is InChI=1S/C9H14NO4S/c1-15(13,14)7-9(12)10-4-2-3-8(5-10)6-11/h8H,2-5,7H2,1H3. The van der Waals surface area contributed by atoms with Crippen LogP contribution in [0.15, 0.2) is 0 Å². The molecule has 1 aliphatic rings. The molecule has 15 heavy (non-hydrogen) atoms. The number of carbonyl (C=O) groups excluding carboxylic acids is 2. The van der Waals surface area contributed by atoms with Crippen LogP contribution in [0.1, 0.15) is 12.8 Å². The van der Waals surface area contributed by atoms with E-state index in [1.807, 2.05) is 6.29 Å². The van der Waals surface area contributed by atoms with Gasteiger partial charge in [0.05, 0.1) is 0 Å². The minimum Gasteiger partial charge on any atom is -0.341 e. The first-order valence-corrected chi connectivity index (χ1v) is 6.81. The van der Waals surface area contributed by atoms with Crippen molar-refractivity contribution in [2.45, 2.75) is 12.8 Å². The van der Waals surface area contributed by atoms with Crippen molar-refractivity contribution in [1.29, 1.82) is 0 Å². The van der Waals surface area contributed by atoms with E-state index >= 15 is 0 Å². The number of rotatable bonds is 3. The number of amides is 1. The summed E-state index contributed by atoms with van der Waals surface area (Å²) in [6, 6.07) is 0. The second-order valence-electron chi connectivity index (χ2n) is 3.87. The van der Waals surface area contributed by atoms with Gasteiger partial charge in [-0.05, 0) is 12.8 Å². The van der Waals surface area contributed by atoms with Crippen molar-refractivity contribution in [2.24, 2.45) is 5.92 Å². The zero-order chi connectivity index (χ0) is 11.5. The molecule has 6 heteroatoms. The van der Waals surface area contributed by atoms with Crippen molar-refractivity contribution < 1.29 is 18.0 Å². The molecular formula is C9H14NO4S. The third-order valence-electron chi connectivity index (χ3n) is 2.33. The van der Waals surface area contributed by atoms with Gasteiger partial charge in [0.2, 0.25) is 12.2 Å². The van der Waals surface area contributed by atoms with Crippen LogP contribution in [0.4, 0.5) is 0 Å². The highest BCUT2D eigenvalue weighted by Gasteiger charge is 2.25. The lowest BCUT2D eigenvalue weighted by atomic mass is 10.00. The monoisotopic (exact) mass is 232 g/mol. The van der Waals surface area contributed by atoms with Crippen molar-refractivity contribution in [3.8, 4) is 0 Å². The van der Waals surface area contributed by atoms with Gasteiger partial charge in [-0.3, -0.25) is 9.59 Å². The molecule has 1 rings (SSSR count). The Balaban J connectivity index is 2.56. The molecule has 1 heterocycles. The first kappa shape index (κ1) is 12.2. The van der Waals surface area contributed by atoms with E-state index in [1.54, 1.807) is 0 Å². The molecule has 1 aliphatic heterocycles. The fourth-order valence-corrected chi connectivity index (χ4v) is 2.25. The molecule has 1 fully saturated rings. The molecule has 1 atom stereocenters. The Kier molecular flexibility index (Phi) is 3.84. The van der Waals surface area contributed by atoms with E-state index in [1.165, 1.54) is 4.90 Å². The number of hydrogen-bond donors (Lipinski definition) is 0. The summed E-state index contributed by atoms with van der Waals surface area (Å²) in [5.41, 5.74) is 0. The summed E-state index contributed by atoms with van der Waals surface area (Å²) in [7, 11) is -3.29. The smallest absolute Gasteiger partial charge is 0.237 e. The Morgan fingerprint density at radius 1 is 1.53 bits per heavy atom. The van der Waals surface area contributed by atoms with Crippen molar-refractivity contribution in [1.82, 2.24) is 4.90 Å². The zero-order valence-electron chi connectivity index (χ0n) is 8.60. The van der Waals surface area contributed by atoms with E-state index in [0.29, 0.717) is 13.1 Å². The average molecular weight is 232 g/mol. The number of hydrogen-bond acceptors (Lipinski definition) is 4. The number of nitrogens with zero attached hydrogens (tertiary/aromatic N) is 1. The molecule has 0 aromatic carbocycles. The minimum absolute atomic E-state index is 0.262. The maximum Gasteiger partial charge on any atom is 0.237 e. The summed E-state index contributed by atoms with van der Waals surface area (Å²) in [5, 5.41) is 0. The van der Waals surface area contributed by atoms with E-state index < -0.39 is 21.5 Å². The Morgan fingerprint density at radius 3 is 2.73 bits per heavy atom. The quantitative estimate of drug-likeness (QED) is 0.650. The minimum atomic E-state index is -3.29. The van der Waals surface area contributed by atoms with E-state index in [0.717, 1.165) is 19.1 Å². The van der Waals surface area contributed by atoms with Crippen LogP contribution in [-0.4, -0.2) is 50.6 Å². The first-order chi connectivity index (χ1) is 6.92. The van der Waals surface area contributed by atoms with Crippen LogP contribution in [0, 0.1) is 5.92 Å². The zero-order valence-corrected chi connectivity index (χ0v) is 9.42. The van der Waals surface area contributed by atoms with Gasteiger partial charge in [0.1, 0.15) is 5.75 Å². The molecule has 1 amide bonds. The Hall–Kier alpha value is -0.910. The summed E-state index contributed by atoms with van der Waals surface area (Å²) in [5.74, 6) is -1.15. The van der Waals surface area contributed by atoms with E-state index in [4.69, 9.17) is 0 Å². The van der Waals surface area contributed by atoms with Gasteiger partial charge < -0.3 is 4.90 Å². The average Bonchev–Trinajstić information content (AvgIpc) is 2.15. The Labute approximate surface area is 89.4 Å². The van der Waals surface area contributed by atoms with Crippen LogP contribution in [-0.2, 0) is 19.4 Å². The molecule has 0 bridgehead atoms. The molecule has 1 radical (unpaired) electrons. The van der Waals surface area contributed by atoms with Crippen LogP contribution in [0.5, 0.6) is 0 Å². The molecular weight excluding hydrogens is 218 g/mol. The largest absolute Gasteiger partial charge is 0.341 e. The third-order valence-corrected chi connectivity index (χ3v) is 3.10. The number of sulfone groups is 1. The summed E-state index contributed by atoms with van der Waals surface area (Å²) in [6.45, 7) is 0.838. The Morgan fingerprint density at radius 2 is 2.20 bits per heavy atom. The predicted octanol–water partition coefficient (Wildman–Crippen LogP) is -0.621. The lowest BCUT2D eigenvalue weighted by Gasteiger charge is -2.29. The van der Waals surface area contributed by atoms with Crippen LogP contribution < -0.4 is 0 Å². The lowest BCUT2D eigenvalue weighted by Crippen LogP contribution is -2.42. The maximum absolute atomic E-state index is 11.5. The second-order valence-corrected chi connectivity index (χ2v) is 6.01. The number of piperidine rings is 1. The fraction of sp³-hybridized carbons (Fsp3) is 0.778. The molecule has 1 unspecified atom stereocenters. The molecule has 1 saturated heterocycles. The van der Waals surface area contributed by atoms with Gasteiger partial charge in [0.25, 0.3) is 0 Å². The number of carbonyl (C=O) groups is 1.